The molecule has 4 rings (SSSR count). The van der Waals surface area contributed by atoms with Crippen LogP contribution in [-0.4, -0.2) is 34.0 Å². The summed E-state index contributed by atoms with van der Waals surface area (Å²) >= 11 is 1.41. The van der Waals surface area contributed by atoms with E-state index in [1.54, 1.807) is 10.6 Å². The van der Waals surface area contributed by atoms with Crippen molar-refractivity contribution in [1.29, 1.82) is 0 Å². The van der Waals surface area contributed by atoms with Crippen molar-refractivity contribution in [3.05, 3.63) is 52.0 Å². The number of rotatable bonds is 5. The molecule has 1 aliphatic rings. The van der Waals surface area contributed by atoms with Gasteiger partial charge in [-0.05, 0) is 29.9 Å². The molecule has 1 unspecified atom stereocenters. The molecule has 0 amide bonds. The highest BCUT2D eigenvalue weighted by molar-refractivity contribution is 7.15. The number of piperidine rings is 1. The number of anilines is 1. The molecular weight excluding hydrogens is 340 g/mol. The Morgan fingerprint density at radius 2 is 2.20 bits per heavy atom. The summed E-state index contributed by atoms with van der Waals surface area (Å²) in [6.07, 6.45) is 3.74. The van der Waals surface area contributed by atoms with Crippen LogP contribution in [0.5, 0.6) is 5.75 Å². The maximum absolute atomic E-state index is 11.5. The van der Waals surface area contributed by atoms with Gasteiger partial charge in [0.1, 0.15) is 11.9 Å². The van der Waals surface area contributed by atoms with E-state index in [0.29, 0.717) is 23.3 Å². The zero-order valence-corrected chi connectivity index (χ0v) is 14.4. The van der Waals surface area contributed by atoms with E-state index in [-0.39, 0.29) is 10.7 Å². The number of nitrogens with zero attached hydrogens (tertiary/aromatic N) is 4. The monoisotopic (exact) mass is 358 g/mol. The standard InChI is InChI=1S/C17H18N4O3S/c22-21(23)16-15(18-17-20(16)9-10-25-17)19-8-4-5-13(11-19)12-24-14-6-2-1-3-7-14/h1-3,6-7,9-10,13H,4-5,8,11-12H2. The zero-order valence-electron chi connectivity index (χ0n) is 13.6. The second kappa shape index (κ2) is 6.72. The predicted octanol–water partition coefficient (Wildman–Crippen LogP) is 3.60. The number of benzene rings is 1. The lowest BCUT2D eigenvalue weighted by atomic mass is 9.99. The molecule has 25 heavy (non-hydrogen) atoms. The largest absolute Gasteiger partial charge is 0.493 e. The molecule has 7 nitrogen and oxygen atoms in total. The molecule has 3 heterocycles. The van der Waals surface area contributed by atoms with Crippen molar-refractivity contribution in [3.8, 4) is 5.75 Å². The molecule has 0 radical (unpaired) electrons. The summed E-state index contributed by atoms with van der Waals surface area (Å²) in [5.41, 5.74) is 0. The molecule has 130 valence electrons. The molecule has 0 bridgehead atoms. The number of nitro groups is 1. The van der Waals surface area contributed by atoms with Crippen molar-refractivity contribution in [2.75, 3.05) is 24.6 Å². The van der Waals surface area contributed by atoms with Crippen LogP contribution in [-0.2, 0) is 0 Å². The molecule has 8 heteroatoms. The lowest BCUT2D eigenvalue weighted by molar-refractivity contribution is -0.389. The smallest absolute Gasteiger partial charge is 0.373 e. The van der Waals surface area contributed by atoms with Crippen molar-refractivity contribution < 1.29 is 9.66 Å². The molecule has 1 aliphatic heterocycles. The minimum Gasteiger partial charge on any atom is -0.493 e. The van der Waals surface area contributed by atoms with Crippen LogP contribution in [0.4, 0.5) is 11.6 Å². The van der Waals surface area contributed by atoms with Crippen LogP contribution in [0.3, 0.4) is 0 Å². The average molecular weight is 358 g/mol. The number of ether oxygens (including phenoxy) is 1. The third-order valence-corrected chi connectivity index (χ3v) is 5.20. The molecule has 0 aliphatic carbocycles. The van der Waals surface area contributed by atoms with E-state index >= 15 is 0 Å². The summed E-state index contributed by atoms with van der Waals surface area (Å²) in [5.74, 6) is 1.71. The van der Waals surface area contributed by atoms with Gasteiger partial charge in [-0.15, -0.1) is 0 Å². The number of thiazole rings is 1. The molecule has 1 aromatic carbocycles. The number of fused-ring (bicyclic) bond motifs is 1. The molecular formula is C17H18N4O3S. The molecule has 0 saturated carbocycles. The van der Waals surface area contributed by atoms with Gasteiger partial charge >= 0.3 is 5.82 Å². The van der Waals surface area contributed by atoms with E-state index in [0.717, 1.165) is 31.7 Å². The highest BCUT2D eigenvalue weighted by Gasteiger charge is 2.31. The second-order valence-corrected chi connectivity index (χ2v) is 7.02. The van der Waals surface area contributed by atoms with Gasteiger partial charge in [-0.3, -0.25) is 0 Å². The molecule has 1 saturated heterocycles. The molecule has 0 spiro atoms. The first kappa shape index (κ1) is 15.9. The van der Waals surface area contributed by atoms with Crippen LogP contribution in [0.1, 0.15) is 12.8 Å². The Morgan fingerprint density at radius 3 is 3.00 bits per heavy atom. The van der Waals surface area contributed by atoms with Crippen molar-refractivity contribution in [2.24, 2.45) is 5.92 Å². The topological polar surface area (TPSA) is 72.9 Å². The van der Waals surface area contributed by atoms with Crippen molar-refractivity contribution in [1.82, 2.24) is 9.38 Å². The van der Waals surface area contributed by atoms with Gasteiger partial charge in [0.25, 0.3) is 4.96 Å². The van der Waals surface area contributed by atoms with Gasteiger partial charge in [0.15, 0.2) is 0 Å². The summed E-state index contributed by atoms with van der Waals surface area (Å²) in [7, 11) is 0. The molecule has 1 fully saturated rings. The van der Waals surface area contributed by atoms with E-state index in [2.05, 4.69) is 4.98 Å². The Bertz CT molecular complexity index is 877. The fraction of sp³-hybridized carbons (Fsp3) is 0.353. The van der Waals surface area contributed by atoms with E-state index in [1.807, 2.05) is 40.6 Å². The second-order valence-electron chi connectivity index (χ2n) is 6.15. The minimum atomic E-state index is -0.341. The Hall–Kier alpha value is -2.61. The first-order valence-corrected chi connectivity index (χ1v) is 9.13. The summed E-state index contributed by atoms with van der Waals surface area (Å²) in [4.78, 5) is 18.4. The first-order valence-electron chi connectivity index (χ1n) is 8.25. The van der Waals surface area contributed by atoms with Gasteiger partial charge in [-0.1, -0.05) is 29.5 Å². The van der Waals surface area contributed by atoms with Gasteiger partial charge in [-0.25, -0.2) is 0 Å². The average Bonchev–Trinajstić information content (AvgIpc) is 3.21. The third kappa shape index (κ3) is 3.17. The van der Waals surface area contributed by atoms with Crippen LogP contribution in [0.25, 0.3) is 4.96 Å². The van der Waals surface area contributed by atoms with Gasteiger partial charge in [0.05, 0.1) is 6.61 Å². The summed E-state index contributed by atoms with van der Waals surface area (Å²) in [5, 5.41) is 13.3. The first-order chi connectivity index (χ1) is 12.2. The maximum Gasteiger partial charge on any atom is 0.373 e. The maximum atomic E-state index is 11.5. The van der Waals surface area contributed by atoms with Crippen molar-refractivity contribution in [2.45, 2.75) is 12.8 Å². The highest BCUT2D eigenvalue weighted by atomic mass is 32.1. The number of hydrogen-bond acceptors (Lipinski definition) is 6. The van der Waals surface area contributed by atoms with Crippen LogP contribution in [0.15, 0.2) is 41.9 Å². The molecule has 3 aromatic rings. The van der Waals surface area contributed by atoms with Crippen LogP contribution < -0.4 is 9.64 Å². The predicted molar refractivity (Wildman–Crippen MR) is 96.6 cm³/mol. The van der Waals surface area contributed by atoms with E-state index < -0.39 is 0 Å². The number of para-hydroxylation sites is 1. The van der Waals surface area contributed by atoms with E-state index in [4.69, 9.17) is 4.74 Å². The van der Waals surface area contributed by atoms with E-state index in [9.17, 15) is 10.1 Å². The Kier molecular flexibility index (Phi) is 4.27. The number of hydrogen-bond donors (Lipinski definition) is 0. The van der Waals surface area contributed by atoms with E-state index in [1.165, 1.54) is 11.3 Å². The third-order valence-electron chi connectivity index (χ3n) is 4.44. The lowest BCUT2D eigenvalue weighted by Crippen LogP contribution is -2.38. The van der Waals surface area contributed by atoms with Crippen LogP contribution in [0.2, 0.25) is 0 Å². The van der Waals surface area contributed by atoms with Gasteiger partial charge < -0.3 is 19.8 Å². The molecule has 2 aromatic heterocycles. The van der Waals surface area contributed by atoms with Crippen LogP contribution >= 0.6 is 11.3 Å². The van der Waals surface area contributed by atoms with Gasteiger partial charge in [0, 0.05) is 24.4 Å². The quantitative estimate of drug-likeness (QED) is 0.515. The molecule has 1 atom stereocenters. The van der Waals surface area contributed by atoms with Gasteiger partial charge in [-0.2, -0.15) is 9.38 Å². The van der Waals surface area contributed by atoms with Gasteiger partial charge in [0.2, 0.25) is 5.82 Å². The summed E-state index contributed by atoms with van der Waals surface area (Å²) in [6, 6.07) is 9.73. The SMILES string of the molecule is O=[N+]([O-])c1c(N2CCCC(COc3ccccc3)C2)nc2sccn12. The Labute approximate surface area is 148 Å². The lowest BCUT2D eigenvalue weighted by Gasteiger charge is -2.32. The zero-order chi connectivity index (χ0) is 17.2. The van der Waals surface area contributed by atoms with Crippen LogP contribution in [0, 0.1) is 16.0 Å². The van der Waals surface area contributed by atoms with Crippen molar-refractivity contribution in [3.63, 3.8) is 0 Å². The number of aromatic nitrogens is 2. The fourth-order valence-electron chi connectivity index (χ4n) is 3.27. The summed E-state index contributed by atoms with van der Waals surface area (Å²) < 4.78 is 7.43. The Morgan fingerprint density at radius 1 is 1.36 bits per heavy atom. The fourth-order valence-corrected chi connectivity index (χ4v) is 3.97. The highest BCUT2D eigenvalue weighted by Crippen LogP contribution is 2.33. The Balaban J connectivity index is 1.50. The summed E-state index contributed by atoms with van der Waals surface area (Å²) in [6.45, 7) is 2.11. The molecule has 0 N–H and O–H groups in total. The van der Waals surface area contributed by atoms with Crippen molar-refractivity contribution >= 4 is 27.9 Å². The minimum absolute atomic E-state index is 0.0564. The number of imidazole rings is 1. The normalized spacial score (nSPS) is 17.8.